The first kappa shape index (κ1) is 14.3. The second-order valence-corrected chi connectivity index (χ2v) is 5.50. The lowest BCUT2D eigenvalue weighted by atomic mass is 10.2. The lowest BCUT2D eigenvalue weighted by Gasteiger charge is -2.10. The molecule has 1 aromatic carbocycles. The van der Waals surface area contributed by atoms with Crippen LogP contribution in [-0.4, -0.2) is 21.9 Å². The van der Waals surface area contributed by atoms with Crippen molar-refractivity contribution in [1.29, 1.82) is 0 Å². The van der Waals surface area contributed by atoms with E-state index in [9.17, 15) is 10.1 Å². The standard InChI is InChI=1S/C11H14ClNO3S/c1-8(4-5-14)17-7-9-2-3-10(13(15)16)6-11(9)12/h2-3,6,8,14H,4-5,7H2,1H3. The average molecular weight is 276 g/mol. The maximum Gasteiger partial charge on any atom is 0.270 e. The van der Waals surface area contributed by atoms with Gasteiger partial charge in [-0.15, -0.1) is 0 Å². The van der Waals surface area contributed by atoms with Crippen molar-refractivity contribution in [1.82, 2.24) is 0 Å². The van der Waals surface area contributed by atoms with E-state index in [4.69, 9.17) is 16.7 Å². The molecule has 0 spiro atoms. The second kappa shape index (κ2) is 6.83. The number of benzene rings is 1. The Morgan fingerprint density at radius 2 is 2.29 bits per heavy atom. The summed E-state index contributed by atoms with van der Waals surface area (Å²) in [5.74, 6) is 0.692. The van der Waals surface area contributed by atoms with Gasteiger partial charge in [-0.05, 0) is 18.1 Å². The van der Waals surface area contributed by atoms with Crippen LogP contribution >= 0.6 is 23.4 Å². The predicted molar refractivity (Wildman–Crippen MR) is 70.6 cm³/mol. The topological polar surface area (TPSA) is 63.4 Å². The van der Waals surface area contributed by atoms with Crippen molar-refractivity contribution < 1.29 is 10.0 Å². The molecule has 4 nitrogen and oxygen atoms in total. The summed E-state index contributed by atoms with van der Waals surface area (Å²) in [4.78, 5) is 10.1. The first-order valence-corrected chi connectivity index (χ1v) is 6.62. The summed E-state index contributed by atoms with van der Waals surface area (Å²) in [7, 11) is 0. The number of hydrogen-bond acceptors (Lipinski definition) is 4. The molecule has 17 heavy (non-hydrogen) atoms. The van der Waals surface area contributed by atoms with Gasteiger partial charge in [0.15, 0.2) is 0 Å². The van der Waals surface area contributed by atoms with Crippen LogP contribution in [0.3, 0.4) is 0 Å². The zero-order chi connectivity index (χ0) is 12.8. The molecule has 0 heterocycles. The van der Waals surface area contributed by atoms with Crippen LogP contribution in [0.2, 0.25) is 5.02 Å². The first-order chi connectivity index (χ1) is 8.04. The molecule has 94 valence electrons. The molecule has 0 aromatic heterocycles. The van der Waals surface area contributed by atoms with E-state index in [0.29, 0.717) is 16.0 Å². The summed E-state index contributed by atoms with van der Waals surface area (Å²) in [6, 6.07) is 4.51. The highest BCUT2D eigenvalue weighted by Crippen LogP contribution is 2.27. The number of rotatable bonds is 6. The third-order valence-electron chi connectivity index (χ3n) is 2.31. The molecule has 0 bridgehead atoms. The smallest absolute Gasteiger partial charge is 0.270 e. The summed E-state index contributed by atoms with van der Waals surface area (Å²) in [5.41, 5.74) is 0.888. The molecule has 0 saturated heterocycles. The van der Waals surface area contributed by atoms with Crippen molar-refractivity contribution in [3.8, 4) is 0 Å². The molecule has 0 radical (unpaired) electrons. The van der Waals surface area contributed by atoms with Gasteiger partial charge in [0.1, 0.15) is 0 Å². The molecule has 0 aliphatic carbocycles. The molecule has 0 amide bonds. The molecular weight excluding hydrogens is 262 g/mol. The lowest BCUT2D eigenvalue weighted by Crippen LogP contribution is -2.00. The molecule has 1 N–H and O–H groups in total. The van der Waals surface area contributed by atoms with Gasteiger partial charge in [0.2, 0.25) is 0 Å². The van der Waals surface area contributed by atoms with E-state index in [1.54, 1.807) is 17.8 Å². The third-order valence-corrected chi connectivity index (χ3v) is 3.94. The number of nitro groups is 1. The summed E-state index contributed by atoms with van der Waals surface area (Å²) in [6.45, 7) is 2.20. The van der Waals surface area contributed by atoms with Crippen molar-refractivity contribution >= 4 is 29.1 Å². The molecule has 1 atom stereocenters. The van der Waals surface area contributed by atoms with Crippen LogP contribution < -0.4 is 0 Å². The maximum atomic E-state index is 10.5. The number of halogens is 1. The summed E-state index contributed by atoms with van der Waals surface area (Å²) >= 11 is 7.64. The molecule has 1 unspecified atom stereocenters. The van der Waals surface area contributed by atoms with Gasteiger partial charge in [-0.25, -0.2) is 0 Å². The van der Waals surface area contributed by atoms with Crippen LogP contribution in [0, 0.1) is 10.1 Å². The lowest BCUT2D eigenvalue weighted by molar-refractivity contribution is -0.384. The zero-order valence-electron chi connectivity index (χ0n) is 9.43. The minimum absolute atomic E-state index is 0.00663. The van der Waals surface area contributed by atoms with Gasteiger partial charge in [-0.2, -0.15) is 11.8 Å². The Balaban J connectivity index is 2.63. The Kier molecular flexibility index (Phi) is 5.74. The fraction of sp³-hybridized carbons (Fsp3) is 0.455. The van der Waals surface area contributed by atoms with E-state index >= 15 is 0 Å². The highest BCUT2D eigenvalue weighted by atomic mass is 35.5. The largest absolute Gasteiger partial charge is 0.396 e. The molecule has 0 aliphatic heterocycles. The van der Waals surface area contributed by atoms with Crippen LogP contribution in [0.5, 0.6) is 0 Å². The Morgan fingerprint density at radius 1 is 1.59 bits per heavy atom. The number of hydrogen-bond donors (Lipinski definition) is 1. The maximum absolute atomic E-state index is 10.5. The van der Waals surface area contributed by atoms with Crippen molar-refractivity contribution in [2.45, 2.75) is 24.3 Å². The quantitative estimate of drug-likeness (QED) is 0.639. The van der Waals surface area contributed by atoms with Gasteiger partial charge in [-0.3, -0.25) is 10.1 Å². The minimum atomic E-state index is -0.461. The van der Waals surface area contributed by atoms with Crippen molar-refractivity contribution in [3.05, 3.63) is 38.9 Å². The number of non-ortho nitro benzene ring substituents is 1. The molecular formula is C11H14ClNO3S. The van der Waals surface area contributed by atoms with Gasteiger partial charge in [0.25, 0.3) is 5.69 Å². The Hall–Kier alpha value is -0.780. The summed E-state index contributed by atoms with van der Waals surface area (Å²) in [5, 5.41) is 20.1. The molecule has 1 aromatic rings. The molecule has 1 rings (SSSR count). The van der Waals surface area contributed by atoms with Gasteiger partial charge >= 0.3 is 0 Å². The Bertz CT molecular complexity index is 400. The SMILES string of the molecule is CC(CCO)SCc1ccc([N+](=O)[O-])cc1Cl. The number of aliphatic hydroxyl groups excluding tert-OH is 1. The molecule has 0 saturated carbocycles. The van der Waals surface area contributed by atoms with E-state index in [1.807, 2.05) is 6.92 Å². The predicted octanol–water partition coefficient (Wildman–Crippen LogP) is 3.25. The van der Waals surface area contributed by atoms with Crippen LogP contribution in [0.15, 0.2) is 18.2 Å². The zero-order valence-corrected chi connectivity index (χ0v) is 11.0. The Morgan fingerprint density at radius 3 is 2.82 bits per heavy atom. The molecule has 0 aliphatic rings. The van der Waals surface area contributed by atoms with E-state index < -0.39 is 4.92 Å². The van der Waals surface area contributed by atoms with Crippen molar-refractivity contribution in [2.75, 3.05) is 6.61 Å². The van der Waals surface area contributed by atoms with E-state index in [1.165, 1.54) is 12.1 Å². The number of aliphatic hydroxyl groups is 1. The van der Waals surface area contributed by atoms with Gasteiger partial charge in [0.05, 0.1) is 9.95 Å². The van der Waals surface area contributed by atoms with E-state index in [0.717, 1.165) is 12.0 Å². The van der Waals surface area contributed by atoms with Crippen molar-refractivity contribution in [2.24, 2.45) is 0 Å². The van der Waals surface area contributed by atoms with Crippen LogP contribution in [0.4, 0.5) is 5.69 Å². The highest BCUT2D eigenvalue weighted by molar-refractivity contribution is 7.99. The monoisotopic (exact) mass is 275 g/mol. The van der Waals surface area contributed by atoms with E-state index in [2.05, 4.69) is 0 Å². The fourth-order valence-corrected chi connectivity index (χ4v) is 2.57. The number of nitro benzene ring substituents is 1. The summed E-state index contributed by atoms with van der Waals surface area (Å²) < 4.78 is 0. The van der Waals surface area contributed by atoms with Crippen molar-refractivity contribution in [3.63, 3.8) is 0 Å². The minimum Gasteiger partial charge on any atom is -0.396 e. The highest BCUT2D eigenvalue weighted by Gasteiger charge is 2.10. The van der Waals surface area contributed by atoms with Gasteiger partial charge < -0.3 is 5.11 Å². The van der Waals surface area contributed by atoms with Crippen LogP contribution in [0.25, 0.3) is 0 Å². The Labute approximate surface area is 109 Å². The number of thioether (sulfide) groups is 1. The fourth-order valence-electron chi connectivity index (χ4n) is 1.26. The van der Waals surface area contributed by atoms with E-state index in [-0.39, 0.29) is 12.3 Å². The van der Waals surface area contributed by atoms with Crippen LogP contribution in [-0.2, 0) is 5.75 Å². The first-order valence-electron chi connectivity index (χ1n) is 5.20. The third kappa shape index (κ3) is 4.53. The second-order valence-electron chi connectivity index (χ2n) is 3.67. The summed E-state index contributed by atoms with van der Waals surface area (Å²) in [6.07, 6.45) is 0.731. The average Bonchev–Trinajstić information content (AvgIpc) is 2.27. The normalized spacial score (nSPS) is 12.4. The number of nitrogens with zero attached hydrogens (tertiary/aromatic N) is 1. The molecule has 0 fully saturated rings. The molecule has 6 heteroatoms. The van der Waals surface area contributed by atoms with Gasteiger partial charge in [0, 0.05) is 29.7 Å². The van der Waals surface area contributed by atoms with Crippen LogP contribution in [0.1, 0.15) is 18.9 Å². The van der Waals surface area contributed by atoms with Gasteiger partial charge in [-0.1, -0.05) is 18.5 Å².